The average Bonchev–Trinajstić information content (AvgIpc) is 2.52. The van der Waals surface area contributed by atoms with E-state index >= 15 is 0 Å². The second kappa shape index (κ2) is 7.65. The molecular formula is C17H28N2O. The molecule has 1 aromatic carbocycles. The SMILES string of the molecule is CCNC(CC)c1ccccc1N1CCOCC1CC. The number of anilines is 1. The fourth-order valence-corrected chi connectivity index (χ4v) is 3.07. The molecule has 2 atom stereocenters. The fourth-order valence-electron chi connectivity index (χ4n) is 3.07. The maximum atomic E-state index is 5.64. The number of morpholine rings is 1. The highest BCUT2D eigenvalue weighted by atomic mass is 16.5. The van der Waals surface area contributed by atoms with E-state index in [0.717, 1.165) is 39.1 Å². The lowest BCUT2D eigenvalue weighted by Crippen LogP contribution is -2.46. The van der Waals surface area contributed by atoms with Gasteiger partial charge in [-0.05, 0) is 31.0 Å². The third-order valence-electron chi connectivity index (χ3n) is 4.18. The van der Waals surface area contributed by atoms with Gasteiger partial charge in [0.15, 0.2) is 0 Å². The highest BCUT2D eigenvalue weighted by molar-refractivity contribution is 5.56. The van der Waals surface area contributed by atoms with Gasteiger partial charge in [-0.2, -0.15) is 0 Å². The Kier molecular flexibility index (Phi) is 5.86. The first-order chi connectivity index (χ1) is 9.81. The summed E-state index contributed by atoms with van der Waals surface area (Å²) in [5, 5.41) is 3.60. The third kappa shape index (κ3) is 3.33. The number of hydrogen-bond acceptors (Lipinski definition) is 3. The Morgan fingerprint density at radius 1 is 1.30 bits per heavy atom. The molecule has 3 nitrogen and oxygen atoms in total. The highest BCUT2D eigenvalue weighted by Crippen LogP contribution is 2.31. The zero-order valence-corrected chi connectivity index (χ0v) is 13.1. The van der Waals surface area contributed by atoms with Crippen LogP contribution in [0.5, 0.6) is 0 Å². The van der Waals surface area contributed by atoms with Gasteiger partial charge in [-0.15, -0.1) is 0 Å². The van der Waals surface area contributed by atoms with Crippen LogP contribution in [0.1, 0.15) is 45.2 Å². The van der Waals surface area contributed by atoms with Gasteiger partial charge in [0.25, 0.3) is 0 Å². The van der Waals surface area contributed by atoms with E-state index in [1.807, 2.05) is 0 Å². The van der Waals surface area contributed by atoms with Crippen LogP contribution in [0.2, 0.25) is 0 Å². The van der Waals surface area contributed by atoms with Crippen LogP contribution in [0.15, 0.2) is 24.3 Å². The third-order valence-corrected chi connectivity index (χ3v) is 4.18. The zero-order chi connectivity index (χ0) is 14.4. The Morgan fingerprint density at radius 2 is 2.10 bits per heavy atom. The molecule has 0 radical (unpaired) electrons. The monoisotopic (exact) mass is 276 g/mol. The maximum absolute atomic E-state index is 5.64. The van der Waals surface area contributed by atoms with Crippen molar-refractivity contribution in [1.29, 1.82) is 0 Å². The van der Waals surface area contributed by atoms with Crippen LogP contribution in [-0.2, 0) is 4.74 Å². The van der Waals surface area contributed by atoms with E-state index in [1.165, 1.54) is 11.3 Å². The van der Waals surface area contributed by atoms with E-state index in [-0.39, 0.29) is 0 Å². The number of hydrogen-bond donors (Lipinski definition) is 1. The molecule has 0 amide bonds. The molecule has 1 saturated heterocycles. The molecule has 1 N–H and O–H groups in total. The lowest BCUT2D eigenvalue weighted by Gasteiger charge is -2.39. The molecule has 0 saturated carbocycles. The van der Waals surface area contributed by atoms with Gasteiger partial charge in [0.2, 0.25) is 0 Å². The predicted octanol–water partition coefficient (Wildman–Crippen LogP) is 3.36. The number of nitrogens with zero attached hydrogens (tertiary/aromatic N) is 1. The maximum Gasteiger partial charge on any atom is 0.0670 e. The Labute approximate surface area is 123 Å². The van der Waals surface area contributed by atoms with Crippen LogP contribution in [0.3, 0.4) is 0 Å². The standard InChI is InChI=1S/C17H28N2O/c1-4-14-13-20-12-11-19(14)17-10-8-7-9-15(17)16(5-2)18-6-3/h7-10,14,16,18H,4-6,11-13H2,1-3H3. The summed E-state index contributed by atoms with van der Waals surface area (Å²) in [5.41, 5.74) is 2.81. The van der Waals surface area contributed by atoms with Gasteiger partial charge in [-0.1, -0.05) is 39.0 Å². The van der Waals surface area contributed by atoms with Crippen LogP contribution >= 0.6 is 0 Å². The van der Waals surface area contributed by atoms with Gasteiger partial charge in [-0.3, -0.25) is 0 Å². The van der Waals surface area contributed by atoms with Gasteiger partial charge in [0.05, 0.1) is 19.3 Å². The molecule has 1 aliphatic heterocycles. The lowest BCUT2D eigenvalue weighted by atomic mass is 9.99. The van der Waals surface area contributed by atoms with E-state index < -0.39 is 0 Å². The first kappa shape index (κ1) is 15.3. The minimum atomic E-state index is 0.441. The molecular weight excluding hydrogens is 248 g/mol. The summed E-state index contributed by atoms with van der Waals surface area (Å²) in [7, 11) is 0. The molecule has 112 valence electrons. The van der Waals surface area contributed by atoms with E-state index in [4.69, 9.17) is 4.74 Å². The Morgan fingerprint density at radius 3 is 2.80 bits per heavy atom. The number of ether oxygens (including phenoxy) is 1. The number of benzene rings is 1. The van der Waals surface area contributed by atoms with Crippen molar-refractivity contribution in [2.75, 3.05) is 31.2 Å². The van der Waals surface area contributed by atoms with Crippen molar-refractivity contribution in [2.24, 2.45) is 0 Å². The van der Waals surface area contributed by atoms with E-state index in [1.54, 1.807) is 0 Å². The summed E-state index contributed by atoms with van der Waals surface area (Å²) in [6.45, 7) is 10.4. The van der Waals surface area contributed by atoms with Crippen molar-refractivity contribution in [3.05, 3.63) is 29.8 Å². The van der Waals surface area contributed by atoms with Crippen molar-refractivity contribution in [2.45, 2.75) is 45.7 Å². The highest BCUT2D eigenvalue weighted by Gasteiger charge is 2.25. The van der Waals surface area contributed by atoms with Crippen LogP contribution in [0.4, 0.5) is 5.69 Å². The molecule has 1 aromatic rings. The summed E-state index contributed by atoms with van der Waals surface area (Å²) in [4.78, 5) is 2.54. The van der Waals surface area contributed by atoms with Crippen LogP contribution < -0.4 is 10.2 Å². The van der Waals surface area contributed by atoms with Gasteiger partial charge >= 0.3 is 0 Å². The van der Waals surface area contributed by atoms with Crippen molar-refractivity contribution < 1.29 is 4.74 Å². The van der Waals surface area contributed by atoms with Crippen molar-refractivity contribution in [1.82, 2.24) is 5.32 Å². The Hall–Kier alpha value is -1.06. The Bertz CT molecular complexity index is 408. The van der Waals surface area contributed by atoms with E-state index in [0.29, 0.717) is 12.1 Å². The van der Waals surface area contributed by atoms with Crippen molar-refractivity contribution >= 4 is 5.69 Å². The summed E-state index contributed by atoms with van der Waals surface area (Å²) in [6, 6.07) is 9.79. The van der Waals surface area contributed by atoms with Crippen molar-refractivity contribution in [3.8, 4) is 0 Å². The predicted molar refractivity (Wildman–Crippen MR) is 85.4 cm³/mol. The molecule has 0 bridgehead atoms. The quantitative estimate of drug-likeness (QED) is 0.862. The molecule has 2 unspecified atom stereocenters. The molecule has 1 aliphatic rings. The van der Waals surface area contributed by atoms with Gasteiger partial charge in [-0.25, -0.2) is 0 Å². The molecule has 2 rings (SSSR count). The van der Waals surface area contributed by atoms with Crippen LogP contribution in [-0.4, -0.2) is 32.3 Å². The fraction of sp³-hybridized carbons (Fsp3) is 0.647. The second-order valence-corrected chi connectivity index (χ2v) is 5.41. The second-order valence-electron chi connectivity index (χ2n) is 5.41. The minimum Gasteiger partial charge on any atom is -0.377 e. The average molecular weight is 276 g/mol. The van der Waals surface area contributed by atoms with E-state index in [9.17, 15) is 0 Å². The summed E-state index contributed by atoms with van der Waals surface area (Å²) in [6.07, 6.45) is 2.25. The topological polar surface area (TPSA) is 24.5 Å². The molecule has 0 aromatic heterocycles. The largest absolute Gasteiger partial charge is 0.377 e. The number of para-hydroxylation sites is 1. The molecule has 3 heteroatoms. The first-order valence-electron chi connectivity index (χ1n) is 7.98. The molecule has 20 heavy (non-hydrogen) atoms. The zero-order valence-electron chi connectivity index (χ0n) is 13.1. The van der Waals surface area contributed by atoms with E-state index in [2.05, 4.69) is 55.3 Å². The number of nitrogens with one attached hydrogen (secondary N) is 1. The van der Waals surface area contributed by atoms with Gasteiger partial charge in [0, 0.05) is 18.3 Å². The van der Waals surface area contributed by atoms with Crippen molar-refractivity contribution in [3.63, 3.8) is 0 Å². The molecule has 1 fully saturated rings. The summed E-state index contributed by atoms with van der Waals surface area (Å²) >= 11 is 0. The molecule has 0 aliphatic carbocycles. The molecule has 0 spiro atoms. The number of rotatable bonds is 6. The smallest absolute Gasteiger partial charge is 0.0670 e. The summed E-state index contributed by atoms with van der Waals surface area (Å²) < 4.78 is 5.64. The molecule has 1 heterocycles. The summed E-state index contributed by atoms with van der Waals surface area (Å²) in [5.74, 6) is 0. The first-order valence-corrected chi connectivity index (χ1v) is 7.98. The van der Waals surface area contributed by atoms with Gasteiger partial charge < -0.3 is 15.0 Å². The Balaban J connectivity index is 2.30. The minimum absolute atomic E-state index is 0.441. The van der Waals surface area contributed by atoms with Gasteiger partial charge in [0.1, 0.15) is 0 Å². The lowest BCUT2D eigenvalue weighted by molar-refractivity contribution is 0.0928. The van der Waals surface area contributed by atoms with Crippen LogP contribution in [0, 0.1) is 0 Å². The normalized spacial score (nSPS) is 20.9. The van der Waals surface area contributed by atoms with Crippen LogP contribution in [0.25, 0.3) is 0 Å².